The van der Waals surface area contributed by atoms with Crippen molar-refractivity contribution in [3.8, 4) is 5.75 Å². The number of benzene rings is 1. The van der Waals surface area contributed by atoms with E-state index in [1.165, 1.54) is 0 Å². The van der Waals surface area contributed by atoms with Crippen LogP contribution < -0.4 is 15.8 Å². The molecule has 2 rings (SSSR count). The van der Waals surface area contributed by atoms with Crippen LogP contribution in [0, 0.1) is 6.92 Å². The number of hydrogen-bond acceptors (Lipinski definition) is 3. The summed E-state index contributed by atoms with van der Waals surface area (Å²) in [5.74, 6) is 0.895. The van der Waals surface area contributed by atoms with Gasteiger partial charge in [-0.05, 0) is 30.5 Å². The molecule has 1 amide bonds. The lowest BCUT2D eigenvalue weighted by Crippen LogP contribution is -2.31. The van der Waals surface area contributed by atoms with E-state index >= 15 is 0 Å². The van der Waals surface area contributed by atoms with E-state index in [4.69, 9.17) is 10.5 Å². The summed E-state index contributed by atoms with van der Waals surface area (Å²) in [6, 6.07) is 4.28. The number of ether oxygens (including phenoxy) is 1. The highest BCUT2D eigenvalue weighted by Crippen LogP contribution is 2.37. The summed E-state index contributed by atoms with van der Waals surface area (Å²) in [7, 11) is 0. The number of aryl methyl sites for hydroxylation is 1. The van der Waals surface area contributed by atoms with Crippen LogP contribution >= 0.6 is 0 Å². The van der Waals surface area contributed by atoms with Crippen LogP contribution in [0.3, 0.4) is 0 Å². The maximum absolute atomic E-state index is 11.4. The minimum absolute atomic E-state index is 0.0104. The van der Waals surface area contributed by atoms with E-state index in [0.717, 1.165) is 41.7 Å². The third kappa shape index (κ3) is 3.12. The molecule has 1 aliphatic rings. The molecule has 1 heterocycles. The average molecular weight is 276 g/mol. The summed E-state index contributed by atoms with van der Waals surface area (Å²) in [6.45, 7) is 6.36. The third-order valence-electron chi connectivity index (χ3n) is 3.76. The Balaban J connectivity index is 2.37. The molecule has 2 atom stereocenters. The van der Waals surface area contributed by atoms with Crippen LogP contribution in [0.2, 0.25) is 0 Å². The van der Waals surface area contributed by atoms with Crippen molar-refractivity contribution < 1.29 is 9.53 Å². The number of nitrogens with two attached hydrogens (primary N) is 1. The molecule has 0 bridgehead atoms. The molecule has 1 aromatic rings. The molecule has 0 saturated carbocycles. The second-order valence-corrected chi connectivity index (χ2v) is 5.54. The van der Waals surface area contributed by atoms with Gasteiger partial charge in [-0.1, -0.05) is 19.4 Å². The largest absolute Gasteiger partial charge is 0.493 e. The second-order valence-electron chi connectivity index (χ2n) is 5.54. The zero-order valence-electron chi connectivity index (χ0n) is 12.5. The van der Waals surface area contributed by atoms with Crippen LogP contribution in [0.5, 0.6) is 5.75 Å². The lowest BCUT2D eigenvalue weighted by Gasteiger charge is -2.29. The van der Waals surface area contributed by atoms with Gasteiger partial charge >= 0.3 is 0 Å². The summed E-state index contributed by atoms with van der Waals surface area (Å²) in [5, 5.41) is 3.00. The monoisotopic (exact) mass is 276 g/mol. The molecule has 4 nitrogen and oxygen atoms in total. The minimum atomic E-state index is -0.0104. The average Bonchev–Trinajstić information content (AvgIpc) is 2.39. The Hall–Kier alpha value is -1.55. The van der Waals surface area contributed by atoms with Crippen LogP contribution in [-0.4, -0.2) is 12.5 Å². The molecule has 4 heteroatoms. The van der Waals surface area contributed by atoms with E-state index in [1.807, 2.05) is 6.92 Å². The molecule has 0 spiro atoms. The number of carbonyl (C=O) groups is 1. The number of rotatable bonds is 4. The first kappa shape index (κ1) is 14.9. The van der Waals surface area contributed by atoms with Crippen molar-refractivity contribution in [2.45, 2.75) is 52.1 Å². The van der Waals surface area contributed by atoms with Gasteiger partial charge in [-0.15, -0.1) is 0 Å². The lowest BCUT2D eigenvalue weighted by atomic mass is 9.92. The quantitative estimate of drug-likeness (QED) is 0.888. The molecule has 0 radical (unpaired) electrons. The maximum atomic E-state index is 11.4. The lowest BCUT2D eigenvalue weighted by molar-refractivity contribution is -0.119. The van der Waals surface area contributed by atoms with Crippen molar-refractivity contribution >= 4 is 5.91 Å². The van der Waals surface area contributed by atoms with Crippen molar-refractivity contribution in [3.63, 3.8) is 0 Å². The molecular weight excluding hydrogens is 252 g/mol. The number of carbonyl (C=O) groups excluding carboxylic acids is 1. The van der Waals surface area contributed by atoms with Gasteiger partial charge in [0, 0.05) is 24.9 Å². The molecule has 20 heavy (non-hydrogen) atoms. The van der Waals surface area contributed by atoms with Crippen molar-refractivity contribution in [1.82, 2.24) is 5.32 Å². The van der Waals surface area contributed by atoms with Crippen molar-refractivity contribution in [1.29, 1.82) is 0 Å². The van der Waals surface area contributed by atoms with Gasteiger partial charge in [-0.2, -0.15) is 0 Å². The fourth-order valence-electron chi connectivity index (χ4n) is 2.81. The predicted molar refractivity (Wildman–Crippen MR) is 79.7 cm³/mol. The Labute approximate surface area is 120 Å². The van der Waals surface area contributed by atoms with E-state index in [0.29, 0.717) is 6.61 Å². The molecule has 0 aromatic heterocycles. The highest BCUT2D eigenvalue weighted by atomic mass is 16.5. The minimum Gasteiger partial charge on any atom is -0.493 e. The normalized spacial score (nSPS) is 18.9. The van der Waals surface area contributed by atoms with Gasteiger partial charge in [0.2, 0.25) is 5.91 Å². The van der Waals surface area contributed by atoms with Crippen LogP contribution in [0.4, 0.5) is 0 Å². The smallest absolute Gasteiger partial charge is 0.217 e. The first-order valence-corrected chi connectivity index (χ1v) is 7.32. The van der Waals surface area contributed by atoms with Crippen LogP contribution in [0.1, 0.15) is 61.9 Å². The second kappa shape index (κ2) is 6.27. The molecular formula is C16H24N2O2. The number of nitrogens with one attached hydrogen (secondary N) is 1. The SMILES string of the molecule is CCCC(N)c1cc(C)c2c(c1)C(NC(C)=O)CCO2. The number of fused-ring (bicyclic) bond motifs is 1. The van der Waals surface area contributed by atoms with Gasteiger partial charge in [0.05, 0.1) is 12.6 Å². The summed E-state index contributed by atoms with van der Waals surface area (Å²) < 4.78 is 5.77. The molecule has 1 aliphatic heterocycles. The Morgan fingerprint density at radius 3 is 2.95 bits per heavy atom. The molecule has 2 unspecified atom stereocenters. The van der Waals surface area contributed by atoms with Gasteiger partial charge < -0.3 is 15.8 Å². The van der Waals surface area contributed by atoms with Gasteiger partial charge in [0.1, 0.15) is 5.75 Å². The zero-order chi connectivity index (χ0) is 14.7. The Bertz CT molecular complexity index is 499. The Kier molecular flexibility index (Phi) is 4.65. The Morgan fingerprint density at radius 2 is 2.30 bits per heavy atom. The molecule has 0 saturated heterocycles. The van der Waals surface area contributed by atoms with E-state index in [-0.39, 0.29) is 18.0 Å². The topological polar surface area (TPSA) is 64.3 Å². The number of hydrogen-bond donors (Lipinski definition) is 2. The molecule has 0 fully saturated rings. The fraction of sp³-hybridized carbons (Fsp3) is 0.562. The summed E-state index contributed by atoms with van der Waals surface area (Å²) in [5.41, 5.74) is 9.51. The van der Waals surface area contributed by atoms with E-state index in [9.17, 15) is 4.79 Å². The molecule has 1 aromatic carbocycles. The maximum Gasteiger partial charge on any atom is 0.217 e. The van der Waals surface area contributed by atoms with Crippen LogP contribution in [0.25, 0.3) is 0 Å². The third-order valence-corrected chi connectivity index (χ3v) is 3.76. The van der Waals surface area contributed by atoms with Gasteiger partial charge in [-0.3, -0.25) is 4.79 Å². The van der Waals surface area contributed by atoms with Gasteiger partial charge in [0.25, 0.3) is 0 Å². The van der Waals surface area contributed by atoms with E-state index in [2.05, 4.69) is 24.4 Å². The number of amides is 1. The molecule has 0 aliphatic carbocycles. The summed E-state index contributed by atoms with van der Waals surface area (Å²) in [6.07, 6.45) is 2.82. The standard InChI is InChI=1S/C16H24N2O2/c1-4-5-14(17)12-8-10(2)16-13(9-12)15(6-7-20-16)18-11(3)19/h8-9,14-15H,4-7,17H2,1-3H3,(H,18,19). The molecule has 110 valence electrons. The zero-order valence-corrected chi connectivity index (χ0v) is 12.5. The first-order valence-electron chi connectivity index (χ1n) is 7.32. The van der Waals surface area contributed by atoms with E-state index in [1.54, 1.807) is 6.92 Å². The van der Waals surface area contributed by atoms with Crippen LogP contribution in [-0.2, 0) is 4.79 Å². The fourth-order valence-corrected chi connectivity index (χ4v) is 2.81. The highest BCUT2D eigenvalue weighted by Gasteiger charge is 2.25. The van der Waals surface area contributed by atoms with Crippen molar-refractivity contribution in [3.05, 3.63) is 28.8 Å². The Morgan fingerprint density at radius 1 is 1.55 bits per heavy atom. The first-order chi connectivity index (χ1) is 9.52. The van der Waals surface area contributed by atoms with Gasteiger partial charge in [0.15, 0.2) is 0 Å². The highest BCUT2D eigenvalue weighted by molar-refractivity contribution is 5.73. The van der Waals surface area contributed by atoms with Gasteiger partial charge in [-0.25, -0.2) is 0 Å². The summed E-state index contributed by atoms with van der Waals surface area (Å²) >= 11 is 0. The van der Waals surface area contributed by atoms with Crippen molar-refractivity contribution in [2.75, 3.05) is 6.61 Å². The van der Waals surface area contributed by atoms with E-state index < -0.39 is 0 Å². The summed E-state index contributed by atoms with van der Waals surface area (Å²) in [4.78, 5) is 11.4. The van der Waals surface area contributed by atoms with Crippen LogP contribution in [0.15, 0.2) is 12.1 Å². The van der Waals surface area contributed by atoms with Crippen molar-refractivity contribution in [2.24, 2.45) is 5.73 Å². The predicted octanol–water partition coefficient (Wildman–Crippen LogP) is 2.75. The molecule has 3 N–H and O–H groups in total.